The Kier molecular flexibility index (Phi) is 5.06. The lowest BCUT2D eigenvalue weighted by molar-refractivity contribution is 0.340. The molecule has 0 fully saturated rings. The molecule has 0 unspecified atom stereocenters. The summed E-state index contributed by atoms with van der Waals surface area (Å²) in [7, 11) is -3.72. The van der Waals surface area contributed by atoms with Gasteiger partial charge in [-0.3, -0.25) is 14.1 Å². The lowest BCUT2D eigenvalue weighted by Crippen LogP contribution is -2.14. The zero-order valence-corrected chi connectivity index (χ0v) is 16.4. The summed E-state index contributed by atoms with van der Waals surface area (Å²) in [5, 5.41) is 0. The molecule has 26 heavy (non-hydrogen) atoms. The summed E-state index contributed by atoms with van der Waals surface area (Å²) >= 11 is 1.11. The number of hydrogen-bond donors (Lipinski definition) is 1. The third-order valence-corrected chi connectivity index (χ3v) is 6.14. The molecule has 1 N–H and O–H groups in total. The first-order chi connectivity index (χ1) is 12.3. The maximum Gasteiger partial charge on any atom is 0.308 e. The molecule has 6 nitrogen and oxygen atoms in total. The molecular formula is C18H20N2O4S2. The molecule has 0 aliphatic heterocycles. The number of hydrogen-bond acceptors (Lipinski definition) is 5. The van der Waals surface area contributed by atoms with Gasteiger partial charge in [0, 0.05) is 6.04 Å². The van der Waals surface area contributed by atoms with E-state index in [9.17, 15) is 13.2 Å². The van der Waals surface area contributed by atoms with Gasteiger partial charge in [-0.05, 0) is 63.2 Å². The highest BCUT2D eigenvalue weighted by Gasteiger charge is 2.16. The quantitative estimate of drug-likeness (QED) is 0.691. The molecule has 0 amide bonds. The normalized spacial score (nSPS) is 11.8. The Morgan fingerprint density at radius 2 is 1.85 bits per heavy atom. The molecule has 3 rings (SSSR count). The van der Waals surface area contributed by atoms with Crippen molar-refractivity contribution in [2.24, 2.45) is 0 Å². The molecule has 0 radical (unpaired) electrons. The molecule has 0 spiro atoms. The van der Waals surface area contributed by atoms with Crippen molar-refractivity contribution in [1.82, 2.24) is 4.57 Å². The second-order valence-corrected chi connectivity index (χ2v) is 8.70. The molecular weight excluding hydrogens is 372 g/mol. The predicted octanol–water partition coefficient (Wildman–Crippen LogP) is 3.84. The minimum Gasteiger partial charge on any atom is -0.494 e. The molecule has 3 aromatic rings. The van der Waals surface area contributed by atoms with Crippen molar-refractivity contribution in [1.29, 1.82) is 0 Å². The van der Waals surface area contributed by atoms with Crippen LogP contribution in [0.4, 0.5) is 5.69 Å². The van der Waals surface area contributed by atoms with E-state index in [4.69, 9.17) is 4.74 Å². The molecule has 0 aliphatic carbocycles. The van der Waals surface area contributed by atoms with Gasteiger partial charge in [-0.25, -0.2) is 8.42 Å². The summed E-state index contributed by atoms with van der Waals surface area (Å²) in [6, 6.07) is 11.4. The van der Waals surface area contributed by atoms with Crippen LogP contribution in [0, 0.1) is 0 Å². The van der Waals surface area contributed by atoms with Gasteiger partial charge in [-0.15, -0.1) is 0 Å². The molecule has 138 valence electrons. The minimum atomic E-state index is -3.72. The van der Waals surface area contributed by atoms with Gasteiger partial charge in [0.25, 0.3) is 10.0 Å². The lowest BCUT2D eigenvalue weighted by Gasteiger charge is -2.10. The van der Waals surface area contributed by atoms with Crippen LogP contribution in [-0.2, 0) is 10.0 Å². The molecule has 8 heteroatoms. The van der Waals surface area contributed by atoms with Crippen molar-refractivity contribution in [3.8, 4) is 5.75 Å². The van der Waals surface area contributed by atoms with E-state index in [1.165, 1.54) is 12.1 Å². The number of nitrogens with zero attached hydrogens (tertiary/aromatic N) is 1. The number of rotatable bonds is 6. The van der Waals surface area contributed by atoms with Gasteiger partial charge in [-0.2, -0.15) is 0 Å². The number of anilines is 1. The number of sulfonamides is 1. The molecule has 0 atom stereocenters. The lowest BCUT2D eigenvalue weighted by atomic mass is 10.3. The van der Waals surface area contributed by atoms with E-state index in [2.05, 4.69) is 4.72 Å². The van der Waals surface area contributed by atoms with E-state index in [1.54, 1.807) is 34.9 Å². The number of benzene rings is 2. The maximum absolute atomic E-state index is 12.6. The number of nitrogens with one attached hydrogen (secondary N) is 1. The highest BCUT2D eigenvalue weighted by atomic mass is 32.2. The third kappa shape index (κ3) is 3.61. The molecule has 1 heterocycles. The summed E-state index contributed by atoms with van der Waals surface area (Å²) in [5.41, 5.74) is 1.22. The molecule has 0 aliphatic rings. The highest BCUT2D eigenvalue weighted by Crippen LogP contribution is 2.26. The average Bonchev–Trinajstić information content (AvgIpc) is 2.90. The second kappa shape index (κ2) is 7.13. The Bertz CT molecular complexity index is 1080. The van der Waals surface area contributed by atoms with Crippen molar-refractivity contribution in [3.05, 3.63) is 52.1 Å². The molecule has 1 aromatic heterocycles. The van der Waals surface area contributed by atoms with Crippen LogP contribution in [0.3, 0.4) is 0 Å². The van der Waals surface area contributed by atoms with Crippen LogP contribution in [-0.4, -0.2) is 19.6 Å². The molecule has 0 saturated heterocycles. The van der Waals surface area contributed by atoms with Crippen molar-refractivity contribution in [2.75, 3.05) is 11.3 Å². The van der Waals surface area contributed by atoms with Gasteiger partial charge >= 0.3 is 4.87 Å². The molecule has 2 aromatic carbocycles. The Morgan fingerprint density at radius 3 is 2.46 bits per heavy atom. The Hall–Kier alpha value is -2.32. The van der Waals surface area contributed by atoms with E-state index >= 15 is 0 Å². The second-order valence-electron chi connectivity index (χ2n) is 6.02. The van der Waals surface area contributed by atoms with Crippen LogP contribution >= 0.6 is 11.3 Å². The summed E-state index contributed by atoms with van der Waals surface area (Å²) in [4.78, 5) is 12.2. The van der Waals surface area contributed by atoms with Crippen LogP contribution in [0.2, 0.25) is 0 Å². The minimum absolute atomic E-state index is 0.0441. The standard InChI is InChI=1S/C18H20N2O4S2/c1-4-24-14-6-8-15(9-7-14)26(22,23)19-13-5-10-16-17(11-13)25-18(21)20(16)12(2)3/h5-12,19H,4H2,1-3H3. The zero-order chi connectivity index (χ0) is 18.9. The number of aromatic nitrogens is 1. The van der Waals surface area contributed by atoms with Gasteiger partial charge in [0.2, 0.25) is 0 Å². The van der Waals surface area contributed by atoms with E-state index in [0.29, 0.717) is 18.0 Å². The summed E-state index contributed by atoms with van der Waals surface area (Å²) in [6.45, 7) is 6.26. The Morgan fingerprint density at radius 1 is 1.15 bits per heavy atom. The van der Waals surface area contributed by atoms with Crippen molar-refractivity contribution in [3.63, 3.8) is 0 Å². The SMILES string of the molecule is CCOc1ccc(S(=O)(=O)Nc2ccc3c(c2)sc(=O)n3C(C)C)cc1. The van der Waals surface area contributed by atoms with Crippen molar-refractivity contribution >= 4 is 37.3 Å². The first kappa shape index (κ1) is 18.5. The first-order valence-electron chi connectivity index (χ1n) is 8.22. The fourth-order valence-electron chi connectivity index (χ4n) is 2.68. The van der Waals surface area contributed by atoms with Crippen LogP contribution in [0.5, 0.6) is 5.75 Å². The Balaban J connectivity index is 1.91. The Labute approximate surface area is 156 Å². The number of fused-ring (bicyclic) bond motifs is 1. The molecule has 0 saturated carbocycles. The third-order valence-electron chi connectivity index (χ3n) is 3.83. The number of ether oxygens (including phenoxy) is 1. The summed E-state index contributed by atoms with van der Waals surface area (Å²) < 4.78 is 35.5. The van der Waals surface area contributed by atoms with Gasteiger partial charge < -0.3 is 4.74 Å². The van der Waals surface area contributed by atoms with Crippen molar-refractivity contribution in [2.45, 2.75) is 31.7 Å². The van der Waals surface area contributed by atoms with E-state index < -0.39 is 10.0 Å². The van der Waals surface area contributed by atoms with E-state index in [-0.39, 0.29) is 15.8 Å². The average molecular weight is 393 g/mol. The van der Waals surface area contributed by atoms with Crippen molar-refractivity contribution < 1.29 is 13.2 Å². The number of thiazole rings is 1. The van der Waals surface area contributed by atoms with E-state index in [0.717, 1.165) is 21.6 Å². The zero-order valence-electron chi connectivity index (χ0n) is 14.7. The smallest absolute Gasteiger partial charge is 0.308 e. The largest absolute Gasteiger partial charge is 0.494 e. The molecule has 0 bridgehead atoms. The van der Waals surface area contributed by atoms with Gasteiger partial charge in [0.15, 0.2) is 0 Å². The summed E-state index contributed by atoms with van der Waals surface area (Å²) in [5.74, 6) is 0.618. The van der Waals surface area contributed by atoms with Crippen LogP contribution < -0.4 is 14.3 Å². The van der Waals surface area contributed by atoms with Gasteiger partial charge in [-0.1, -0.05) is 11.3 Å². The van der Waals surface area contributed by atoms with Crippen LogP contribution in [0.25, 0.3) is 10.2 Å². The fourth-order valence-corrected chi connectivity index (χ4v) is 4.79. The monoisotopic (exact) mass is 392 g/mol. The predicted molar refractivity (Wildman–Crippen MR) is 105 cm³/mol. The first-order valence-corrected chi connectivity index (χ1v) is 10.5. The van der Waals surface area contributed by atoms with Crippen LogP contribution in [0.1, 0.15) is 26.8 Å². The van der Waals surface area contributed by atoms with Gasteiger partial charge in [0.1, 0.15) is 5.75 Å². The topological polar surface area (TPSA) is 77.4 Å². The highest BCUT2D eigenvalue weighted by molar-refractivity contribution is 7.92. The fraction of sp³-hybridized carbons (Fsp3) is 0.278. The summed E-state index contributed by atoms with van der Waals surface area (Å²) in [6.07, 6.45) is 0. The van der Waals surface area contributed by atoms with Gasteiger partial charge in [0.05, 0.1) is 27.4 Å². The maximum atomic E-state index is 12.6. The van der Waals surface area contributed by atoms with Crippen LogP contribution in [0.15, 0.2) is 52.2 Å². The van der Waals surface area contributed by atoms with E-state index in [1.807, 2.05) is 20.8 Å².